The molecule has 176 valence electrons. The van der Waals surface area contributed by atoms with Crippen LogP contribution in [0, 0.1) is 4.91 Å². The molecule has 9 heteroatoms. The van der Waals surface area contributed by atoms with Gasteiger partial charge in [0, 0.05) is 37.9 Å². The van der Waals surface area contributed by atoms with Gasteiger partial charge < -0.3 is 19.9 Å². The fourth-order valence-corrected chi connectivity index (χ4v) is 4.47. The molecule has 1 aliphatic heterocycles. The Morgan fingerprint density at radius 1 is 1.06 bits per heavy atom. The molecule has 4 rings (SSSR count). The van der Waals surface area contributed by atoms with Crippen molar-refractivity contribution >= 4 is 23.1 Å². The first-order chi connectivity index (χ1) is 16.2. The number of ether oxygens (including phenoxy) is 1. The predicted molar refractivity (Wildman–Crippen MR) is 125 cm³/mol. The molecule has 0 unspecified atom stereocenters. The molecule has 0 bridgehead atoms. The van der Waals surface area contributed by atoms with Crippen LogP contribution in [0.25, 0.3) is 0 Å². The molecule has 1 amide bonds. The second-order valence-corrected chi connectivity index (χ2v) is 8.52. The van der Waals surface area contributed by atoms with E-state index in [2.05, 4.69) is 32.5 Å². The minimum absolute atomic E-state index is 0.0336. The summed E-state index contributed by atoms with van der Waals surface area (Å²) in [5, 5.41) is 6.10. The van der Waals surface area contributed by atoms with Gasteiger partial charge >= 0.3 is 0 Å². The van der Waals surface area contributed by atoms with Gasteiger partial charge in [0.2, 0.25) is 5.91 Å². The number of alkyl halides is 1. The molecule has 0 radical (unpaired) electrons. The Kier molecular flexibility index (Phi) is 7.83. The summed E-state index contributed by atoms with van der Waals surface area (Å²) in [5.74, 6) is 0.596. The second kappa shape index (κ2) is 11.2. The summed E-state index contributed by atoms with van der Waals surface area (Å²) in [6.45, 7) is 2.37. The van der Waals surface area contributed by atoms with Gasteiger partial charge in [0.15, 0.2) is 0 Å². The van der Waals surface area contributed by atoms with Crippen molar-refractivity contribution in [2.24, 2.45) is 5.18 Å². The van der Waals surface area contributed by atoms with Crippen LogP contribution in [0.2, 0.25) is 0 Å². The van der Waals surface area contributed by atoms with Gasteiger partial charge in [-0.2, -0.15) is 0 Å². The number of hydrogen-bond donors (Lipinski definition) is 1. The third-order valence-electron chi connectivity index (χ3n) is 6.40. The predicted octanol–water partition coefficient (Wildman–Crippen LogP) is 4.04. The van der Waals surface area contributed by atoms with Gasteiger partial charge in [-0.05, 0) is 55.1 Å². The van der Waals surface area contributed by atoms with Crippen molar-refractivity contribution in [1.29, 1.82) is 0 Å². The maximum atomic E-state index is 13.0. The molecule has 1 N–H and O–H groups in total. The van der Waals surface area contributed by atoms with E-state index >= 15 is 0 Å². The van der Waals surface area contributed by atoms with Crippen molar-refractivity contribution in [3.8, 4) is 0 Å². The fourth-order valence-electron chi connectivity index (χ4n) is 4.47. The smallest absolute Gasteiger partial charge is 0.248 e. The zero-order valence-electron chi connectivity index (χ0n) is 18.7. The Bertz CT molecular complexity index is 929. The van der Waals surface area contributed by atoms with Gasteiger partial charge in [0.25, 0.3) is 0 Å². The number of halogens is 1. The number of nitrogens with zero attached hydrogens (tertiary/aromatic N) is 4. The van der Waals surface area contributed by atoms with Crippen LogP contribution >= 0.6 is 0 Å². The highest BCUT2D eigenvalue weighted by Crippen LogP contribution is 2.26. The van der Waals surface area contributed by atoms with Crippen molar-refractivity contribution in [1.82, 2.24) is 9.88 Å². The Hall–Kier alpha value is -3.07. The third kappa shape index (κ3) is 6.04. The quantitative estimate of drug-likeness (QED) is 0.605. The number of amides is 1. The number of hydrogen-bond acceptors (Lipinski definition) is 7. The van der Waals surface area contributed by atoms with Crippen LogP contribution in [0.3, 0.4) is 0 Å². The molecule has 1 aromatic carbocycles. The molecule has 2 fully saturated rings. The zero-order valence-corrected chi connectivity index (χ0v) is 18.7. The molecule has 33 heavy (non-hydrogen) atoms. The summed E-state index contributed by atoms with van der Waals surface area (Å²) in [6.07, 6.45) is 3.49. The van der Waals surface area contributed by atoms with Crippen molar-refractivity contribution in [2.75, 3.05) is 43.0 Å². The van der Waals surface area contributed by atoms with E-state index in [1.54, 1.807) is 6.07 Å². The Morgan fingerprint density at radius 2 is 1.79 bits per heavy atom. The average molecular weight is 456 g/mol. The zero-order chi connectivity index (χ0) is 23.0. The second-order valence-electron chi connectivity index (χ2n) is 8.52. The SMILES string of the molecule is O=Nc1ccc(NC2CCC(OCC(=O)N3CCN(c4ccccc4)CC3)CC2)nc1CF. The molecule has 1 aliphatic carbocycles. The lowest BCUT2D eigenvalue weighted by Gasteiger charge is -2.36. The topological polar surface area (TPSA) is 87.1 Å². The first-order valence-electron chi connectivity index (χ1n) is 11.5. The number of benzene rings is 1. The lowest BCUT2D eigenvalue weighted by atomic mass is 9.93. The number of nitrogens with one attached hydrogen (secondary N) is 1. The van der Waals surface area contributed by atoms with Gasteiger partial charge in [0.1, 0.15) is 30.5 Å². The summed E-state index contributed by atoms with van der Waals surface area (Å²) in [6, 6.07) is 13.6. The standard InChI is InChI=1S/C24H30FN5O3/c25-16-22-21(28-32)10-11-23(27-22)26-18-6-8-20(9-7-18)33-17-24(31)30-14-12-29(13-15-30)19-4-2-1-3-5-19/h1-5,10-11,18,20H,6-9,12-17H2,(H,26,27). The van der Waals surface area contributed by atoms with E-state index in [-0.39, 0.29) is 36.0 Å². The van der Waals surface area contributed by atoms with Gasteiger partial charge in [-0.25, -0.2) is 9.37 Å². The lowest BCUT2D eigenvalue weighted by molar-refractivity contribution is -0.139. The molecular weight excluding hydrogens is 425 g/mol. The first kappa shape index (κ1) is 23.1. The van der Waals surface area contributed by atoms with Crippen LogP contribution < -0.4 is 10.2 Å². The summed E-state index contributed by atoms with van der Waals surface area (Å²) in [5.41, 5.74) is 1.28. The van der Waals surface area contributed by atoms with Crippen LogP contribution in [0.5, 0.6) is 0 Å². The van der Waals surface area contributed by atoms with Crippen molar-refractivity contribution in [2.45, 2.75) is 44.5 Å². The van der Waals surface area contributed by atoms with E-state index < -0.39 is 6.67 Å². The van der Waals surface area contributed by atoms with Crippen LogP contribution in [-0.2, 0) is 16.2 Å². The molecule has 0 atom stereocenters. The van der Waals surface area contributed by atoms with E-state index in [0.717, 1.165) is 38.8 Å². The molecule has 1 aromatic heterocycles. The minimum Gasteiger partial charge on any atom is -0.368 e. The molecule has 8 nitrogen and oxygen atoms in total. The highest BCUT2D eigenvalue weighted by molar-refractivity contribution is 5.77. The first-order valence-corrected chi connectivity index (χ1v) is 11.5. The van der Waals surface area contributed by atoms with Crippen LogP contribution in [0.4, 0.5) is 21.6 Å². The van der Waals surface area contributed by atoms with Crippen LogP contribution in [0.15, 0.2) is 47.6 Å². The van der Waals surface area contributed by atoms with Gasteiger partial charge in [-0.3, -0.25) is 4.79 Å². The van der Waals surface area contributed by atoms with E-state index in [0.29, 0.717) is 18.9 Å². The molecule has 2 aromatic rings. The largest absolute Gasteiger partial charge is 0.368 e. The average Bonchev–Trinajstić information content (AvgIpc) is 2.88. The summed E-state index contributed by atoms with van der Waals surface area (Å²) >= 11 is 0. The Balaban J connectivity index is 1.16. The number of carbonyl (C=O) groups is 1. The normalized spacial score (nSPS) is 21.0. The number of aromatic nitrogens is 1. The van der Waals surface area contributed by atoms with Crippen LogP contribution in [-0.4, -0.2) is 60.7 Å². The summed E-state index contributed by atoms with van der Waals surface area (Å²) in [7, 11) is 0. The van der Waals surface area contributed by atoms with E-state index in [4.69, 9.17) is 4.74 Å². The Morgan fingerprint density at radius 3 is 2.45 bits per heavy atom. The number of rotatable bonds is 8. The van der Waals surface area contributed by atoms with E-state index in [9.17, 15) is 14.1 Å². The van der Waals surface area contributed by atoms with Crippen molar-refractivity contribution in [3.63, 3.8) is 0 Å². The molecule has 1 saturated heterocycles. The summed E-state index contributed by atoms with van der Waals surface area (Å²) in [4.78, 5) is 31.6. The molecule has 2 heterocycles. The fraction of sp³-hybridized carbons (Fsp3) is 0.500. The van der Waals surface area contributed by atoms with Crippen molar-refractivity contribution < 1.29 is 13.9 Å². The number of nitroso groups, excluding NO2 is 1. The van der Waals surface area contributed by atoms with Gasteiger partial charge in [-0.15, -0.1) is 4.91 Å². The molecule has 0 spiro atoms. The van der Waals surface area contributed by atoms with Crippen LogP contribution in [0.1, 0.15) is 31.4 Å². The number of pyridine rings is 1. The number of para-hydroxylation sites is 1. The number of piperazine rings is 1. The molecule has 1 saturated carbocycles. The highest BCUT2D eigenvalue weighted by Gasteiger charge is 2.25. The molecule has 2 aliphatic rings. The Labute approximate surface area is 193 Å². The van der Waals surface area contributed by atoms with E-state index in [1.165, 1.54) is 11.8 Å². The minimum atomic E-state index is -0.827. The van der Waals surface area contributed by atoms with E-state index in [1.807, 2.05) is 23.1 Å². The summed E-state index contributed by atoms with van der Waals surface area (Å²) < 4.78 is 19.0. The van der Waals surface area contributed by atoms with Gasteiger partial charge in [-0.1, -0.05) is 18.2 Å². The monoisotopic (exact) mass is 455 g/mol. The van der Waals surface area contributed by atoms with Gasteiger partial charge in [0.05, 0.1) is 6.10 Å². The van der Waals surface area contributed by atoms with Crippen molar-refractivity contribution in [3.05, 3.63) is 53.1 Å². The lowest BCUT2D eigenvalue weighted by Crippen LogP contribution is -2.50. The number of carbonyl (C=O) groups excluding carboxylic acids is 1. The maximum absolute atomic E-state index is 13.0. The maximum Gasteiger partial charge on any atom is 0.248 e. The molecular formula is C24H30FN5O3. The highest BCUT2D eigenvalue weighted by atomic mass is 19.1. The number of anilines is 2. The third-order valence-corrected chi connectivity index (χ3v) is 6.40.